The third kappa shape index (κ3) is 9.28. The van der Waals surface area contributed by atoms with Gasteiger partial charge in [-0.3, -0.25) is 9.59 Å². The van der Waals surface area contributed by atoms with Crippen molar-refractivity contribution in [2.45, 2.75) is 61.9 Å². The van der Waals surface area contributed by atoms with Crippen LogP contribution in [0.2, 0.25) is 0 Å². The summed E-state index contributed by atoms with van der Waals surface area (Å²) in [6.45, 7) is 0.717. The Bertz CT molecular complexity index is 1410. The van der Waals surface area contributed by atoms with Gasteiger partial charge in [0.15, 0.2) is 0 Å². The van der Waals surface area contributed by atoms with Crippen LogP contribution in [0.15, 0.2) is 64.5 Å². The maximum atomic E-state index is 13.1. The molecule has 42 heavy (non-hydrogen) atoms. The molecule has 0 spiro atoms. The van der Waals surface area contributed by atoms with Gasteiger partial charge in [0.05, 0.1) is 4.90 Å². The summed E-state index contributed by atoms with van der Waals surface area (Å²) < 4.78 is 27.3. The first-order chi connectivity index (χ1) is 20.1. The maximum absolute atomic E-state index is 13.1. The molecule has 0 unspecified atom stereocenters. The number of carbonyl (C=O) groups is 3. The summed E-state index contributed by atoms with van der Waals surface area (Å²) in [4.78, 5) is 40.7. The second-order valence-electron chi connectivity index (χ2n) is 9.77. The summed E-state index contributed by atoms with van der Waals surface area (Å²) in [5, 5.41) is 26.3. The van der Waals surface area contributed by atoms with Crippen LogP contribution in [0.5, 0.6) is 0 Å². The Morgan fingerprint density at radius 1 is 1.10 bits per heavy atom. The molecule has 1 aliphatic rings. The van der Waals surface area contributed by atoms with Crippen molar-refractivity contribution in [1.82, 2.24) is 14.9 Å². The zero-order valence-corrected chi connectivity index (χ0v) is 23.8. The normalized spacial score (nSPS) is 16.3. The number of nitrogens with one attached hydrogen (secondary N) is 3. The number of rotatable bonds is 14. The summed E-state index contributed by atoms with van der Waals surface area (Å²) in [6.07, 6.45) is 4.85. The van der Waals surface area contributed by atoms with E-state index < -0.39 is 34.0 Å². The number of anilines is 1. The van der Waals surface area contributed by atoms with Crippen LogP contribution in [-0.2, 0) is 30.8 Å². The molecule has 6 N–H and O–H groups in total. The minimum Gasteiger partial charge on any atom is -0.480 e. The number of aliphatic imine (C=N–C) groups is 1. The molecule has 1 saturated heterocycles. The van der Waals surface area contributed by atoms with Crippen molar-refractivity contribution in [3.8, 4) is 6.19 Å². The smallest absolute Gasteiger partial charge is 0.326 e. The first-order valence-corrected chi connectivity index (χ1v) is 15.0. The molecule has 1 heterocycles. The Morgan fingerprint density at radius 2 is 1.81 bits per heavy atom. The summed E-state index contributed by atoms with van der Waals surface area (Å²) in [7, 11) is -3.91. The van der Waals surface area contributed by atoms with Gasteiger partial charge in [0.25, 0.3) is 0 Å². The lowest BCUT2D eigenvalue weighted by Crippen LogP contribution is -2.51. The van der Waals surface area contributed by atoms with Crippen molar-refractivity contribution in [3.63, 3.8) is 0 Å². The molecule has 0 bridgehead atoms. The van der Waals surface area contributed by atoms with Crippen molar-refractivity contribution in [1.29, 1.82) is 5.26 Å². The van der Waals surface area contributed by atoms with E-state index in [0.717, 1.165) is 17.1 Å². The number of carboxylic acid groups (broad SMARTS) is 1. The molecule has 1 aliphatic heterocycles. The maximum Gasteiger partial charge on any atom is 0.326 e. The van der Waals surface area contributed by atoms with Crippen LogP contribution in [0.3, 0.4) is 0 Å². The third-order valence-corrected chi connectivity index (χ3v) is 8.63. The van der Waals surface area contributed by atoms with E-state index in [0.29, 0.717) is 43.5 Å². The topological polar surface area (TPSA) is 207 Å². The van der Waals surface area contributed by atoms with Crippen LogP contribution >= 0.6 is 0 Å². The number of carboxylic acids is 1. The largest absolute Gasteiger partial charge is 0.480 e. The zero-order chi connectivity index (χ0) is 30.5. The minimum atomic E-state index is -3.91. The first kappa shape index (κ1) is 32.0. The molecule has 1 fully saturated rings. The summed E-state index contributed by atoms with van der Waals surface area (Å²) in [6, 6.07) is 12.2. The summed E-state index contributed by atoms with van der Waals surface area (Å²) >= 11 is 0. The zero-order valence-electron chi connectivity index (χ0n) is 23.0. The van der Waals surface area contributed by atoms with Gasteiger partial charge in [-0.05, 0) is 55.5 Å². The van der Waals surface area contributed by atoms with Crippen molar-refractivity contribution < 1.29 is 27.9 Å². The Balaban J connectivity index is 1.49. The van der Waals surface area contributed by atoms with E-state index in [1.807, 2.05) is 0 Å². The van der Waals surface area contributed by atoms with Gasteiger partial charge in [-0.2, -0.15) is 9.57 Å². The molecular weight excluding hydrogens is 562 g/mol. The second-order valence-corrected chi connectivity index (χ2v) is 11.7. The van der Waals surface area contributed by atoms with E-state index in [9.17, 15) is 27.9 Å². The third-order valence-electron chi connectivity index (χ3n) is 6.71. The second kappa shape index (κ2) is 15.5. The number of unbranched alkanes of at least 4 members (excludes halogenated alkanes) is 2. The fourth-order valence-corrected chi connectivity index (χ4v) is 6.24. The molecule has 2 aromatic carbocycles. The van der Waals surface area contributed by atoms with E-state index in [2.05, 4.69) is 20.9 Å². The number of benzene rings is 2. The van der Waals surface area contributed by atoms with Gasteiger partial charge in [-0.25, -0.2) is 13.2 Å². The van der Waals surface area contributed by atoms with Crippen LogP contribution in [0.1, 0.15) is 44.1 Å². The van der Waals surface area contributed by atoms with E-state index in [4.69, 9.17) is 11.0 Å². The lowest BCUT2D eigenvalue weighted by Gasteiger charge is -2.25. The molecule has 0 radical (unpaired) electrons. The molecule has 0 aliphatic carbocycles. The van der Waals surface area contributed by atoms with Crippen LogP contribution in [0.25, 0.3) is 0 Å². The van der Waals surface area contributed by atoms with Gasteiger partial charge < -0.3 is 26.8 Å². The van der Waals surface area contributed by atoms with Gasteiger partial charge in [-0.1, -0.05) is 36.8 Å². The molecule has 2 aromatic rings. The average molecular weight is 598 g/mol. The first-order valence-electron chi connectivity index (χ1n) is 13.6. The number of nitrogens with zero attached hydrogens (tertiary/aromatic N) is 3. The van der Waals surface area contributed by atoms with Crippen LogP contribution in [0, 0.1) is 11.5 Å². The summed E-state index contributed by atoms with van der Waals surface area (Å²) in [5.41, 5.74) is 6.62. The highest BCUT2D eigenvalue weighted by atomic mass is 32.2. The van der Waals surface area contributed by atoms with E-state index in [1.54, 1.807) is 48.7 Å². The fraction of sp³-hybridized carbons (Fsp3) is 0.393. The Labute approximate surface area is 244 Å². The lowest BCUT2D eigenvalue weighted by atomic mass is 10.0. The van der Waals surface area contributed by atoms with Crippen molar-refractivity contribution in [3.05, 3.63) is 60.2 Å². The number of hydrogen-bond acceptors (Lipinski definition) is 7. The van der Waals surface area contributed by atoms with Crippen LogP contribution < -0.4 is 21.7 Å². The average Bonchev–Trinajstić information content (AvgIpc) is 3.47. The number of hydrogen-bond donors (Lipinski definition) is 5. The van der Waals surface area contributed by atoms with Crippen molar-refractivity contribution in [2.75, 3.05) is 18.4 Å². The number of nitrogens with two attached hydrogens (primary N) is 1. The molecule has 2 amide bonds. The highest BCUT2D eigenvalue weighted by Crippen LogP contribution is 2.26. The molecule has 3 rings (SSSR count). The molecule has 0 saturated carbocycles. The predicted molar refractivity (Wildman–Crippen MR) is 155 cm³/mol. The van der Waals surface area contributed by atoms with Gasteiger partial charge >= 0.3 is 5.97 Å². The number of aliphatic carboxylic acids is 1. The fourth-order valence-electron chi connectivity index (χ4n) is 4.57. The molecular formula is C28H35N7O6S. The van der Waals surface area contributed by atoms with E-state index >= 15 is 0 Å². The summed E-state index contributed by atoms with van der Waals surface area (Å²) in [5.74, 6) is -2.00. The number of guanidine groups is 1. The van der Waals surface area contributed by atoms with Gasteiger partial charge in [-0.15, -0.1) is 4.99 Å². The van der Waals surface area contributed by atoms with Gasteiger partial charge in [0.2, 0.25) is 34.0 Å². The number of amides is 2. The van der Waals surface area contributed by atoms with Crippen molar-refractivity contribution in [2.24, 2.45) is 10.7 Å². The predicted octanol–water partition coefficient (Wildman–Crippen LogP) is 1.54. The van der Waals surface area contributed by atoms with Crippen LogP contribution in [-0.4, -0.2) is 66.7 Å². The quantitative estimate of drug-likeness (QED) is 0.0925. The van der Waals surface area contributed by atoms with E-state index in [1.165, 1.54) is 12.1 Å². The molecule has 13 nitrogen and oxygen atoms in total. The number of nitriles is 1. The standard InChI is InChI=1S/C28H35N7O6S/c29-19-32-28(30)31-16-6-2-5-11-25(36)33-21-14-12-20(13-15-21)18-23(27(38)39)34-26(37)24-10-7-17-35(24)42(40,41)22-8-3-1-4-9-22/h1,3-4,8-9,12-15,23-24H,2,5-7,10-11,16-18H2,(H,33,36)(H,34,37)(H,38,39)(H3,30,31,32)/t23-,24-/m0/s1. The van der Waals surface area contributed by atoms with Gasteiger partial charge in [0, 0.05) is 31.6 Å². The molecule has 224 valence electrons. The lowest BCUT2D eigenvalue weighted by molar-refractivity contribution is -0.142. The number of carbonyl (C=O) groups excluding carboxylic acids is 2. The van der Waals surface area contributed by atoms with Crippen molar-refractivity contribution >= 4 is 39.5 Å². The van der Waals surface area contributed by atoms with E-state index in [-0.39, 0.29) is 29.7 Å². The minimum absolute atomic E-state index is 0.0227. The molecule has 0 aromatic heterocycles. The van der Waals surface area contributed by atoms with Crippen LogP contribution in [0.4, 0.5) is 5.69 Å². The monoisotopic (exact) mass is 597 g/mol. The molecule has 14 heteroatoms. The highest BCUT2D eigenvalue weighted by Gasteiger charge is 2.40. The Hall–Kier alpha value is -4.48. The Morgan fingerprint density at radius 3 is 2.48 bits per heavy atom. The SMILES string of the molecule is N#C/N=C(\N)NCCCCCC(=O)Nc1ccc(C[C@H](NC(=O)[C@@H]2CCCN2S(=O)(=O)c2ccccc2)C(=O)O)cc1. The highest BCUT2D eigenvalue weighted by molar-refractivity contribution is 7.89. The van der Waals surface area contributed by atoms with Gasteiger partial charge in [0.1, 0.15) is 12.1 Å². The number of sulfonamides is 1. The molecule has 2 atom stereocenters. The Kier molecular flexibility index (Phi) is 11.8.